The SMILES string of the molecule is CCOC(=O)c1cnc2ccc(C(=O)OC(C)C)cc2c1Nc1ccc(C)cc1C. The minimum atomic E-state index is -0.477. The summed E-state index contributed by atoms with van der Waals surface area (Å²) in [6.45, 7) is 9.62. The van der Waals surface area contributed by atoms with Crippen molar-refractivity contribution in [2.45, 2.75) is 40.7 Å². The van der Waals surface area contributed by atoms with E-state index >= 15 is 0 Å². The van der Waals surface area contributed by atoms with Crippen molar-refractivity contribution in [3.63, 3.8) is 0 Å². The van der Waals surface area contributed by atoms with Crippen molar-refractivity contribution in [3.05, 3.63) is 64.8 Å². The fourth-order valence-electron chi connectivity index (χ4n) is 3.19. The van der Waals surface area contributed by atoms with Gasteiger partial charge >= 0.3 is 11.9 Å². The molecule has 1 N–H and O–H groups in total. The maximum Gasteiger partial charge on any atom is 0.341 e. The zero-order valence-corrected chi connectivity index (χ0v) is 17.9. The lowest BCUT2D eigenvalue weighted by Gasteiger charge is -2.16. The van der Waals surface area contributed by atoms with Crippen LogP contribution in [0.4, 0.5) is 11.4 Å². The number of nitrogens with one attached hydrogen (secondary N) is 1. The number of anilines is 2. The molecule has 0 fully saturated rings. The third kappa shape index (κ3) is 4.59. The Morgan fingerprint density at radius 1 is 1.07 bits per heavy atom. The van der Waals surface area contributed by atoms with E-state index in [1.54, 1.807) is 39.0 Å². The fraction of sp³-hybridized carbons (Fsp3) is 0.292. The van der Waals surface area contributed by atoms with Gasteiger partial charge in [0, 0.05) is 17.3 Å². The first-order valence-corrected chi connectivity index (χ1v) is 9.95. The summed E-state index contributed by atoms with van der Waals surface area (Å²) in [5.41, 5.74) is 4.92. The Morgan fingerprint density at radius 3 is 2.50 bits per heavy atom. The molecule has 3 aromatic rings. The molecule has 6 heteroatoms. The van der Waals surface area contributed by atoms with Crippen LogP contribution in [0.2, 0.25) is 0 Å². The Balaban J connectivity index is 2.18. The number of pyridine rings is 1. The Hall–Kier alpha value is -3.41. The normalized spacial score (nSPS) is 10.9. The molecule has 0 atom stereocenters. The van der Waals surface area contributed by atoms with Gasteiger partial charge in [0.15, 0.2) is 0 Å². The second-order valence-electron chi connectivity index (χ2n) is 7.40. The molecular weight excluding hydrogens is 380 g/mol. The zero-order chi connectivity index (χ0) is 21.8. The van der Waals surface area contributed by atoms with Gasteiger partial charge in [-0.2, -0.15) is 0 Å². The van der Waals surface area contributed by atoms with Gasteiger partial charge in [0.1, 0.15) is 5.56 Å². The summed E-state index contributed by atoms with van der Waals surface area (Å²) in [5.74, 6) is -0.903. The van der Waals surface area contributed by atoms with Crippen LogP contribution in [0, 0.1) is 13.8 Å². The van der Waals surface area contributed by atoms with Crippen molar-refractivity contribution in [1.29, 1.82) is 0 Å². The Bertz CT molecular complexity index is 1110. The van der Waals surface area contributed by atoms with Gasteiger partial charge in [-0.3, -0.25) is 4.98 Å². The largest absolute Gasteiger partial charge is 0.462 e. The molecule has 0 aliphatic carbocycles. The molecule has 3 rings (SSSR count). The Labute approximate surface area is 176 Å². The number of carbonyl (C=O) groups excluding carboxylic acids is 2. The number of hydrogen-bond donors (Lipinski definition) is 1. The molecule has 0 aliphatic heterocycles. The molecule has 0 bridgehead atoms. The number of aryl methyl sites for hydroxylation is 2. The first-order valence-electron chi connectivity index (χ1n) is 9.95. The van der Waals surface area contributed by atoms with Crippen molar-refractivity contribution < 1.29 is 19.1 Å². The summed E-state index contributed by atoms with van der Waals surface area (Å²) in [4.78, 5) is 29.4. The zero-order valence-electron chi connectivity index (χ0n) is 17.9. The molecule has 2 aromatic carbocycles. The average Bonchev–Trinajstić information content (AvgIpc) is 2.69. The molecule has 0 amide bonds. The first-order chi connectivity index (χ1) is 14.3. The highest BCUT2D eigenvalue weighted by Gasteiger charge is 2.19. The predicted octanol–water partition coefficient (Wildman–Crippen LogP) is 5.34. The molecule has 156 valence electrons. The van der Waals surface area contributed by atoms with Crippen molar-refractivity contribution in [3.8, 4) is 0 Å². The number of hydrogen-bond acceptors (Lipinski definition) is 6. The van der Waals surface area contributed by atoms with Crippen molar-refractivity contribution in [2.24, 2.45) is 0 Å². The van der Waals surface area contributed by atoms with Crippen LogP contribution in [0.15, 0.2) is 42.6 Å². The maximum atomic E-state index is 12.6. The van der Waals surface area contributed by atoms with E-state index in [0.29, 0.717) is 27.7 Å². The van der Waals surface area contributed by atoms with Crippen LogP contribution in [0.1, 0.15) is 52.6 Å². The third-order valence-corrected chi connectivity index (χ3v) is 4.58. The molecule has 6 nitrogen and oxygen atoms in total. The van der Waals surface area contributed by atoms with Gasteiger partial charge in [-0.15, -0.1) is 0 Å². The number of aromatic nitrogens is 1. The van der Waals surface area contributed by atoms with Crippen LogP contribution in [-0.4, -0.2) is 29.6 Å². The van der Waals surface area contributed by atoms with Gasteiger partial charge < -0.3 is 14.8 Å². The molecule has 0 spiro atoms. The van der Waals surface area contributed by atoms with E-state index in [2.05, 4.69) is 16.4 Å². The molecule has 0 radical (unpaired) electrons. The van der Waals surface area contributed by atoms with Gasteiger partial charge in [0.2, 0.25) is 0 Å². The highest BCUT2D eigenvalue weighted by Crippen LogP contribution is 2.32. The summed E-state index contributed by atoms with van der Waals surface area (Å²) in [7, 11) is 0. The molecule has 1 aromatic heterocycles. The Morgan fingerprint density at radius 2 is 1.83 bits per heavy atom. The number of fused-ring (bicyclic) bond motifs is 1. The second-order valence-corrected chi connectivity index (χ2v) is 7.40. The van der Waals surface area contributed by atoms with E-state index < -0.39 is 11.9 Å². The van der Waals surface area contributed by atoms with Crippen molar-refractivity contribution in [2.75, 3.05) is 11.9 Å². The van der Waals surface area contributed by atoms with E-state index in [0.717, 1.165) is 16.8 Å². The third-order valence-electron chi connectivity index (χ3n) is 4.58. The average molecular weight is 406 g/mol. The monoisotopic (exact) mass is 406 g/mol. The maximum absolute atomic E-state index is 12.6. The summed E-state index contributed by atoms with van der Waals surface area (Å²) in [5, 5.41) is 4.00. The summed E-state index contributed by atoms with van der Waals surface area (Å²) in [6, 6.07) is 11.1. The number of nitrogens with zero attached hydrogens (tertiary/aromatic N) is 1. The van der Waals surface area contributed by atoms with Crippen molar-refractivity contribution in [1.82, 2.24) is 4.98 Å². The van der Waals surface area contributed by atoms with Crippen LogP contribution >= 0.6 is 0 Å². The van der Waals surface area contributed by atoms with Crippen LogP contribution in [-0.2, 0) is 9.47 Å². The smallest absolute Gasteiger partial charge is 0.341 e. The van der Waals surface area contributed by atoms with Gasteiger partial charge in [-0.1, -0.05) is 17.7 Å². The quantitative estimate of drug-likeness (QED) is 0.557. The first kappa shape index (κ1) is 21.3. The summed E-state index contributed by atoms with van der Waals surface area (Å²) < 4.78 is 10.5. The van der Waals surface area contributed by atoms with Crippen LogP contribution in [0.3, 0.4) is 0 Å². The van der Waals surface area contributed by atoms with Crippen LogP contribution in [0.5, 0.6) is 0 Å². The van der Waals surface area contributed by atoms with E-state index in [1.165, 1.54) is 6.20 Å². The highest BCUT2D eigenvalue weighted by atomic mass is 16.5. The lowest BCUT2D eigenvalue weighted by Crippen LogP contribution is -2.12. The van der Waals surface area contributed by atoms with E-state index in [-0.39, 0.29) is 12.7 Å². The summed E-state index contributed by atoms with van der Waals surface area (Å²) in [6.07, 6.45) is 1.27. The van der Waals surface area contributed by atoms with Crippen molar-refractivity contribution >= 4 is 34.2 Å². The summed E-state index contributed by atoms with van der Waals surface area (Å²) >= 11 is 0. The van der Waals surface area contributed by atoms with Gasteiger partial charge in [0.25, 0.3) is 0 Å². The highest BCUT2D eigenvalue weighted by molar-refractivity contribution is 6.07. The molecule has 0 aliphatic rings. The van der Waals surface area contributed by atoms with E-state index in [1.807, 2.05) is 26.0 Å². The number of carbonyl (C=O) groups is 2. The number of esters is 2. The van der Waals surface area contributed by atoms with E-state index in [9.17, 15) is 9.59 Å². The lowest BCUT2D eigenvalue weighted by molar-refractivity contribution is 0.0377. The topological polar surface area (TPSA) is 77.5 Å². The number of benzene rings is 2. The lowest BCUT2D eigenvalue weighted by atomic mass is 10.0. The predicted molar refractivity (Wildman–Crippen MR) is 117 cm³/mol. The molecule has 0 saturated heterocycles. The number of ether oxygens (including phenoxy) is 2. The van der Waals surface area contributed by atoms with Gasteiger partial charge in [-0.25, -0.2) is 9.59 Å². The minimum absolute atomic E-state index is 0.231. The minimum Gasteiger partial charge on any atom is -0.462 e. The second kappa shape index (κ2) is 8.95. The molecule has 0 saturated carbocycles. The molecule has 0 unspecified atom stereocenters. The molecule has 30 heavy (non-hydrogen) atoms. The Kier molecular flexibility index (Phi) is 6.35. The molecular formula is C24H26N2O4. The standard InChI is InChI=1S/C24H26N2O4/c1-6-29-24(28)19-13-25-21-10-8-17(23(27)30-14(2)3)12-18(21)22(19)26-20-9-7-15(4)11-16(20)5/h7-14H,6H2,1-5H3,(H,25,26). The van der Waals surface area contributed by atoms with E-state index in [4.69, 9.17) is 9.47 Å². The van der Waals surface area contributed by atoms with Crippen LogP contribution < -0.4 is 5.32 Å². The molecule has 1 heterocycles. The van der Waals surface area contributed by atoms with Gasteiger partial charge in [0.05, 0.1) is 29.5 Å². The van der Waals surface area contributed by atoms with Crippen LogP contribution in [0.25, 0.3) is 10.9 Å². The van der Waals surface area contributed by atoms with Gasteiger partial charge in [-0.05, 0) is 64.4 Å². The number of rotatable bonds is 6. The fourth-order valence-corrected chi connectivity index (χ4v) is 3.19.